The molecule has 2 aromatic rings. The van der Waals surface area contributed by atoms with Crippen LogP contribution in [0.4, 0.5) is 5.69 Å². The highest BCUT2D eigenvalue weighted by molar-refractivity contribution is 7.89. The Kier molecular flexibility index (Phi) is 7.33. The smallest absolute Gasteiger partial charge is 0.253 e. The van der Waals surface area contributed by atoms with Gasteiger partial charge in [-0.2, -0.15) is 4.31 Å². The fourth-order valence-corrected chi connectivity index (χ4v) is 5.54. The first-order valence-electron chi connectivity index (χ1n) is 10.9. The Morgan fingerprint density at radius 2 is 1.52 bits per heavy atom. The van der Waals surface area contributed by atoms with E-state index in [0.29, 0.717) is 68.5 Å². The van der Waals surface area contributed by atoms with Crippen molar-refractivity contribution in [2.45, 2.75) is 17.7 Å². The number of ether oxygens (including phenoxy) is 1. The number of nitrogens with one attached hydrogen (secondary N) is 1. The SMILES string of the molecule is O=C(Nc1ccc(S(=O)(=O)N2CCOCC2)cc1)C1CCN(C(=O)c2ccc(Cl)cc2)CC1. The highest BCUT2D eigenvalue weighted by atomic mass is 35.5. The summed E-state index contributed by atoms with van der Waals surface area (Å²) >= 11 is 5.88. The first-order chi connectivity index (χ1) is 15.8. The molecular formula is C23H26ClN3O5S. The highest BCUT2D eigenvalue weighted by Crippen LogP contribution is 2.23. The molecule has 1 N–H and O–H groups in total. The minimum Gasteiger partial charge on any atom is -0.379 e. The lowest BCUT2D eigenvalue weighted by molar-refractivity contribution is -0.121. The molecule has 0 bridgehead atoms. The quantitative estimate of drug-likeness (QED) is 0.693. The van der Waals surface area contributed by atoms with Crippen molar-refractivity contribution in [2.75, 3.05) is 44.7 Å². The molecule has 8 nitrogen and oxygen atoms in total. The van der Waals surface area contributed by atoms with Gasteiger partial charge in [0.25, 0.3) is 5.91 Å². The Labute approximate surface area is 198 Å². The lowest BCUT2D eigenvalue weighted by atomic mass is 9.95. The minimum absolute atomic E-state index is 0.0670. The Hall–Kier alpha value is -2.46. The molecule has 0 unspecified atom stereocenters. The fourth-order valence-electron chi connectivity index (χ4n) is 4.01. The van der Waals surface area contributed by atoms with Crippen LogP contribution in [0.25, 0.3) is 0 Å². The van der Waals surface area contributed by atoms with Crippen LogP contribution in [0, 0.1) is 5.92 Å². The summed E-state index contributed by atoms with van der Waals surface area (Å²) in [5.74, 6) is -0.406. The lowest BCUT2D eigenvalue weighted by Crippen LogP contribution is -2.41. The van der Waals surface area contributed by atoms with Crippen molar-refractivity contribution in [1.29, 1.82) is 0 Å². The zero-order chi connectivity index (χ0) is 23.4. The van der Waals surface area contributed by atoms with Crippen molar-refractivity contribution in [3.05, 3.63) is 59.1 Å². The fraction of sp³-hybridized carbons (Fsp3) is 0.391. The lowest BCUT2D eigenvalue weighted by Gasteiger charge is -2.31. The van der Waals surface area contributed by atoms with Gasteiger partial charge in [-0.15, -0.1) is 0 Å². The van der Waals surface area contributed by atoms with E-state index in [1.165, 1.54) is 16.4 Å². The summed E-state index contributed by atoms with van der Waals surface area (Å²) in [4.78, 5) is 27.3. The van der Waals surface area contributed by atoms with Crippen LogP contribution in [0.3, 0.4) is 0 Å². The van der Waals surface area contributed by atoms with Gasteiger partial charge < -0.3 is 15.0 Å². The van der Waals surface area contributed by atoms with Crippen LogP contribution >= 0.6 is 11.6 Å². The molecule has 2 fully saturated rings. The molecule has 2 saturated heterocycles. The monoisotopic (exact) mass is 491 g/mol. The maximum Gasteiger partial charge on any atom is 0.253 e. The van der Waals surface area contributed by atoms with Gasteiger partial charge >= 0.3 is 0 Å². The van der Waals surface area contributed by atoms with Gasteiger partial charge in [0.05, 0.1) is 18.1 Å². The van der Waals surface area contributed by atoms with Gasteiger partial charge in [0, 0.05) is 48.4 Å². The molecule has 2 amide bonds. The largest absolute Gasteiger partial charge is 0.379 e. The summed E-state index contributed by atoms with van der Waals surface area (Å²) in [6, 6.07) is 13.0. The predicted octanol–water partition coefficient (Wildman–Crippen LogP) is 2.85. The van der Waals surface area contributed by atoms with E-state index >= 15 is 0 Å². The third kappa shape index (κ3) is 5.55. The number of benzene rings is 2. The van der Waals surface area contributed by atoms with Crippen LogP contribution in [-0.2, 0) is 19.6 Å². The third-order valence-corrected chi connectivity index (χ3v) is 8.14. The first-order valence-corrected chi connectivity index (χ1v) is 12.7. The van der Waals surface area contributed by atoms with E-state index in [-0.39, 0.29) is 22.6 Å². The van der Waals surface area contributed by atoms with E-state index in [4.69, 9.17) is 16.3 Å². The van der Waals surface area contributed by atoms with Crippen molar-refractivity contribution >= 4 is 39.1 Å². The number of sulfonamides is 1. The number of carbonyl (C=O) groups is 2. The summed E-state index contributed by atoms with van der Waals surface area (Å²) in [5.41, 5.74) is 1.12. The molecule has 0 atom stereocenters. The van der Waals surface area contributed by atoms with E-state index in [1.807, 2.05) is 0 Å². The van der Waals surface area contributed by atoms with E-state index in [2.05, 4.69) is 5.32 Å². The van der Waals surface area contributed by atoms with E-state index in [9.17, 15) is 18.0 Å². The summed E-state index contributed by atoms with van der Waals surface area (Å²) in [6.07, 6.45) is 1.13. The van der Waals surface area contributed by atoms with Crippen LogP contribution in [0.1, 0.15) is 23.2 Å². The summed E-state index contributed by atoms with van der Waals surface area (Å²) in [7, 11) is -3.57. The Balaban J connectivity index is 1.31. The molecule has 2 aliphatic rings. The third-order valence-electron chi connectivity index (χ3n) is 5.97. The molecule has 0 aromatic heterocycles. The average molecular weight is 492 g/mol. The molecule has 33 heavy (non-hydrogen) atoms. The Bertz CT molecular complexity index is 1090. The maximum absolute atomic E-state index is 12.7. The summed E-state index contributed by atoms with van der Waals surface area (Å²) in [6.45, 7) is 2.43. The zero-order valence-electron chi connectivity index (χ0n) is 18.1. The topological polar surface area (TPSA) is 96.0 Å². The molecule has 0 aliphatic carbocycles. The number of hydrogen-bond acceptors (Lipinski definition) is 5. The van der Waals surface area contributed by atoms with Crippen molar-refractivity contribution in [1.82, 2.24) is 9.21 Å². The number of amides is 2. The predicted molar refractivity (Wildman–Crippen MR) is 125 cm³/mol. The van der Waals surface area contributed by atoms with E-state index < -0.39 is 10.0 Å². The number of carbonyl (C=O) groups excluding carboxylic acids is 2. The van der Waals surface area contributed by atoms with Crippen LogP contribution in [0.5, 0.6) is 0 Å². The van der Waals surface area contributed by atoms with Gasteiger partial charge in [-0.3, -0.25) is 9.59 Å². The molecule has 2 aliphatic heterocycles. The molecular weight excluding hydrogens is 466 g/mol. The second-order valence-electron chi connectivity index (χ2n) is 8.10. The standard InChI is InChI=1S/C23H26ClN3O5S/c24-19-3-1-18(2-4-19)23(29)26-11-9-17(10-12-26)22(28)25-20-5-7-21(8-6-20)33(30,31)27-13-15-32-16-14-27/h1-8,17H,9-16H2,(H,25,28). The summed E-state index contributed by atoms with van der Waals surface area (Å²) < 4.78 is 32.1. The van der Waals surface area contributed by atoms with Crippen LogP contribution in [0.2, 0.25) is 5.02 Å². The number of hydrogen-bond donors (Lipinski definition) is 1. The molecule has 2 heterocycles. The number of rotatable bonds is 5. The number of nitrogens with zero attached hydrogens (tertiary/aromatic N) is 2. The molecule has 176 valence electrons. The van der Waals surface area contributed by atoms with Gasteiger partial charge in [0.1, 0.15) is 0 Å². The number of anilines is 1. The normalized spacial score (nSPS) is 18.2. The first kappa shape index (κ1) is 23.7. The Morgan fingerprint density at radius 1 is 0.909 bits per heavy atom. The van der Waals surface area contributed by atoms with E-state index in [0.717, 1.165) is 0 Å². The van der Waals surface area contributed by atoms with Gasteiger partial charge in [0.15, 0.2) is 0 Å². The van der Waals surface area contributed by atoms with Gasteiger partial charge in [-0.05, 0) is 61.4 Å². The van der Waals surface area contributed by atoms with Gasteiger partial charge in [-0.1, -0.05) is 11.6 Å². The second kappa shape index (κ2) is 10.2. The van der Waals surface area contributed by atoms with Crippen LogP contribution < -0.4 is 5.32 Å². The average Bonchev–Trinajstić information content (AvgIpc) is 2.85. The van der Waals surface area contributed by atoms with Crippen molar-refractivity contribution in [2.24, 2.45) is 5.92 Å². The molecule has 4 rings (SSSR count). The maximum atomic E-state index is 12.7. The highest BCUT2D eigenvalue weighted by Gasteiger charge is 2.29. The second-order valence-corrected chi connectivity index (χ2v) is 10.5. The molecule has 2 aromatic carbocycles. The van der Waals surface area contributed by atoms with Crippen molar-refractivity contribution in [3.63, 3.8) is 0 Å². The Morgan fingerprint density at radius 3 is 2.12 bits per heavy atom. The summed E-state index contributed by atoms with van der Waals surface area (Å²) in [5, 5.41) is 3.44. The van der Waals surface area contributed by atoms with Gasteiger partial charge in [0.2, 0.25) is 15.9 Å². The number of piperidine rings is 1. The van der Waals surface area contributed by atoms with Crippen molar-refractivity contribution in [3.8, 4) is 0 Å². The number of likely N-dealkylation sites (tertiary alicyclic amines) is 1. The van der Waals surface area contributed by atoms with Crippen LogP contribution in [-0.4, -0.2) is 68.8 Å². The molecule has 10 heteroatoms. The van der Waals surface area contributed by atoms with E-state index in [1.54, 1.807) is 41.3 Å². The molecule has 0 radical (unpaired) electrons. The zero-order valence-corrected chi connectivity index (χ0v) is 19.6. The molecule has 0 spiro atoms. The van der Waals surface area contributed by atoms with Gasteiger partial charge in [-0.25, -0.2) is 8.42 Å². The van der Waals surface area contributed by atoms with Crippen molar-refractivity contribution < 1.29 is 22.7 Å². The van der Waals surface area contributed by atoms with Crippen LogP contribution in [0.15, 0.2) is 53.4 Å². The minimum atomic E-state index is -3.57. The number of morpholine rings is 1. The number of halogens is 1. The molecule has 0 saturated carbocycles.